The number of hydrogen-bond acceptors (Lipinski definition) is 4. The first-order valence-electron chi connectivity index (χ1n) is 3.42. The van der Waals surface area contributed by atoms with Gasteiger partial charge in [-0.15, -0.1) is 6.58 Å². The van der Waals surface area contributed by atoms with Crippen LogP contribution in [0.25, 0.3) is 0 Å². The van der Waals surface area contributed by atoms with Crippen LogP contribution in [0, 0.1) is 11.3 Å². The Labute approximate surface area is 72.4 Å². The molecule has 68 valence electrons. The quantitative estimate of drug-likeness (QED) is 0.590. The Morgan fingerprint density at radius 3 is 2.67 bits per heavy atom. The van der Waals surface area contributed by atoms with Crippen molar-refractivity contribution in [1.82, 2.24) is 0 Å². The Bertz CT molecular complexity index is 276. The van der Waals surface area contributed by atoms with Gasteiger partial charge in [-0.05, 0) is 6.92 Å². The van der Waals surface area contributed by atoms with Crippen LogP contribution in [0.2, 0.25) is 0 Å². The van der Waals surface area contributed by atoms with Gasteiger partial charge in [-0.1, -0.05) is 6.08 Å². The van der Waals surface area contributed by atoms with Crippen molar-refractivity contribution in [2.24, 2.45) is 0 Å². The first-order valence-corrected chi connectivity index (χ1v) is 5.13. The van der Waals surface area contributed by atoms with Crippen LogP contribution in [0.5, 0.6) is 0 Å². The third-order valence-electron chi connectivity index (χ3n) is 1.10. The predicted molar refractivity (Wildman–Crippen MR) is 45.0 cm³/mol. The summed E-state index contributed by atoms with van der Waals surface area (Å²) >= 11 is 0. The predicted octanol–water partition coefficient (Wildman–Crippen LogP) is 0.473. The topological polar surface area (TPSA) is 67.2 Å². The third kappa shape index (κ3) is 3.03. The van der Waals surface area contributed by atoms with Crippen LogP contribution in [-0.4, -0.2) is 26.2 Å². The summed E-state index contributed by atoms with van der Waals surface area (Å²) in [5.41, 5.74) is -1.36. The van der Waals surface area contributed by atoms with E-state index in [9.17, 15) is 8.42 Å². The van der Waals surface area contributed by atoms with E-state index in [1.807, 2.05) is 0 Å². The standard InChI is InChI=1S/C7H11NO3S/c1-3-5-12(9,10)7(6-8)11-4-2/h3,7H,1,4-5H2,2H3. The highest BCUT2D eigenvalue weighted by Gasteiger charge is 2.23. The lowest BCUT2D eigenvalue weighted by Gasteiger charge is -2.07. The van der Waals surface area contributed by atoms with Gasteiger partial charge in [0.2, 0.25) is 5.44 Å². The van der Waals surface area contributed by atoms with E-state index in [0.717, 1.165) is 0 Å². The maximum atomic E-state index is 11.1. The molecule has 0 aromatic heterocycles. The molecule has 0 aromatic rings. The summed E-state index contributed by atoms with van der Waals surface area (Å²) in [4.78, 5) is 0. The fourth-order valence-electron chi connectivity index (χ4n) is 0.624. The molecule has 4 nitrogen and oxygen atoms in total. The van der Waals surface area contributed by atoms with Crippen LogP contribution in [-0.2, 0) is 14.6 Å². The summed E-state index contributed by atoms with van der Waals surface area (Å²) in [6.45, 7) is 5.11. The van der Waals surface area contributed by atoms with Crippen molar-refractivity contribution in [2.75, 3.05) is 12.4 Å². The van der Waals surface area contributed by atoms with E-state index in [1.165, 1.54) is 6.08 Å². The van der Waals surface area contributed by atoms with Crippen LogP contribution in [0.3, 0.4) is 0 Å². The first kappa shape index (κ1) is 11.1. The molecule has 0 heterocycles. The molecule has 0 aliphatic heterocycles. The molecule has 1 unspecified atom stereocenters. The van der Waals surface area contributed by atoms with Crippen molar-refractivity contribution in [3.8, 4) is 6.07 Å². The molecule has 1 atom stereocenters. The van der Waals surface area contributed by atoms with Gasteiger partial charge in [0.15, 0.2) is 9.84 Å². The normalized spacial score (nSPS) is 13.3. The molecule has 0 fully saturated rings. The molecule has 0 N–H and O–H groups in total. The zero-order valence-electron chi connectivity index (χ0n) is 6.86. The van der Waals surface area contributed by atoms with Crippen LogP contribution >= 0.6 is 0 Å². The minimum Gasteiger partial charge on any atom is -0.350 e. The van der Waals surface area contributed by atoms with Crippen molar-refractivity contribution < 1.29 is 13.2 Å². The fraction of sp³-hybridized carbons (Fsp3) is 0.571. The lowest BCUT2D eigenvalue weighted by molar-refractivity contribution is 0.151. The Morgan fingerprint density at radius 2 is 2.33 bits per heavy atom. The zero-order chi connectivity index (χ0) is 9.61. The molecule has 5 heteroatoms. The van der Waals surface area contributed by atoms with Gasteiger partial charge in [-0.3, -0.25) is 0 Å². The maximum Gasteiger partial charge on any atom is 0.245 e. The highest BCUT2D eigenvalue weighted by Crippen LogP contribution is 2.03. The van der Waals surface area contributed by atoms with Gasteiger partial charge in [0.25, 0.3) is 0 Å². The summed E-state index contributed by atoms with van der Waals surface area (Å²) in [6.07, 6.45) is 1.23. The molecule has 0 spiro atoms. The summed E-state index contributed by atoms with van der Waals surface area (Å²) in [6, 6.07) is 1.57. The molecule has 0 aromatic carbocycles. The molecular weight excluding hydrogens is 178 g/mol. The minimum atomic E-state index is -3.49. The molecule has 0 saturated heterocycles. The molecule has 0 amide bonds. The molecule has 12 heavy (non-hydrogen) atoms. The van der Waals surface area contributed by atoms with Crippen molar-refractivity contribution >= 4 is 9.84 Å². The largest absolute Gasteiger partial charge is 0.350 e. The summed E-state index contributed by atoms with van der Waals surface area (Å²) < 4.78 is 27.0. The van der Waals surface area contributed by atoms with E-state index in [1.54, 1.807) is 13.0 Å². The molecule has 0 aliphatic rings. The Hall–Kier alpha value is -0.860. The average molecular weight is 189 g/mol. The van der Waals surface area contributed by atoms with Crippen molar-refractivity contribution in [2.45, 2.75) is 12.4 Å². The molecule has 0 aliphatic carbocycles. The fourth-order valence-corrected chi connectivity index (χ4v) is 1.63. The van der Waals surface area contributed by atoms with Crippen molar-refractivity contribution in [1.29, 1.82) is 5.26 Å². The second kappa shape index (κ2) is 4.91. The Morgan fingerprint density at radius 1 is 1.75 bits per heavy atom. The summed E-state index contributed by atoms with van der Waals surface area (Å²) in [5, 5.41) is 8.43. The van der Waals surface area contributed by atoms with E-state index in [-0.39, 0.29) is 12.4 Å². The minimum absolute atomic E-state index is 0.203. The molecule has 0 radical (unpaired) electrons. The number of ether oxygens (including phenoxy) is 1. The lowest BCUT2D eigenvalue weighted by Crippen LogP contribution is -2.24. The van der Waals surface area contributed by atoms with E-state index >= 15 is 0 Å². The van der Waals surface area contributed by atoms with Gasteiger partial charge in [0, 0.05) is 6.61 Å². The molecule has 0 rings (SSSR count). The van der Waals surface area contributed by atoms with Gasteiger partial charge in [0.05, 0.1) is 5.75 Å². The molecule has 0 saturated carbocycles. The van der Waals surface area contributed by atoms with E-state index in [4.69, 9.17) is 10.00 Å². The molecular formula is C7H11NO3S. The number of hydrogen-bond donors (Lipinski definition) is 0. The van der Waals surface area contributed by atoms with Crippen molar-refractivity contribution in [3.05, 3.63) is 12.7 Å². The number of sulfone groups is 1. The third-order valence-corrected chi connectivity index (χ3v) is 2.69. The molecule has 0 bridgehead atoms. The second-order valence-corrected chi connectivity index (χ2v) is 4.12. The van der Waals surface area contributed by atoms with Gasteiger partial charge < -0.3 is 4.74 Å². The lowest BCUT2D eigenvalue weighted by atomic mass is 10.7. The van der Waals surface area contributed by atoms with E-state index < -0.39 is 15.3 Å². The highest BCUT2D eigenvalue weighted by atomic mass is 32.2. The first-order chi connectivity index (χ1) is 5.58. The number of rotatable bonds is 5. The Balaban J connectivity index is 4.51. The van der Waals surface area contributed by atoms with Crippen LogP contribution in [0.4, 0.5) is 0 Å². The van der Waals surface area contributed by atoms with Crippen molar-refractivity contribution in [3.63, 3.8) is 0 Å². The van der Waals surface area contributed by atoms with Gasteiger partial charge in [-0.2, -0.15) is 5.26 Å². The zero-order valence-corrected chi connectivity index (χ0v) is 7.67. The summed E-state index contributed by atoms with van der Waals surface area (Å²) in [7, 11) is -3.49. The monoisotopic (exact) mass is 189 g/mol. The second-order valence-electron chi connectivity index (χ2n) is 2.03. The van der Waals surface area contributed by atoms with Crippen LogP contribution in [0.15, 0.2) is 12.7 Å². The van der Waals surface area contributed by atoms with Gasteiger partial charge >= 0.3 is 0 Å². The van der Waals surface area contributed by atoms with Crippen LogP contribution < -0.4 is 0 Å². The highest BCUT2D eigenvalue weighted by molar-refractivity contribution is 7.92. The maximum absolute atomic E-state index is 11.1. The SMILES string of the molecule is C=CCS(=O)(=O)C(C#N)OCC. The van der Waals surface area contributed by atoms with Gasteiger partial charge in [-0.25, -0.2) is 8.42 Å². The van der Waals surface area contributed by atoms with Gasteiger partial charge in [0.1, 0.15) is 6.07 Å². The van der Waals surface area contributed by atoms with E-state index in [2.05, 4.69) is 6.58 Å². The van der Waals surface area contributed by atoms with Crippen LogP contribution in [0.1, 0.15) is 6.92 Å². The summed E-state index contributed by atoms with van der Waals surface area (Å²) in [5.74, 6) is -0.231. The van der Waals surface area contributed by atoms with E-state index in [0.29, 0.717) is 0 Å². The number of nitrogens with zero attached hydrogens (tertiary/aromatic N) is 1. The Kier molecular flexibility index (Phi) is 4.55. The number of nitriles is 1. The average Bonchev–Trinajstić information content (AvgIpc) is 1.99. The smallest absolute Gasteiger partial charge is 0.245 e.